The highest BCUT2D eigenvalue weighted by atomic mass is 32.1. The van der Waals surface area contributed by atoms with Crippen LogP contribution in [0.25, 0.3) is 6.08 Å². The predicted molar refractivity (Wildman–Crippen MR) is 109 cm³/mol. The van der Waals surface area contributed by atoms with E-state index >= 15 is 4.39 Å². The standard InChI is InChI=1S/C21H24FN3O2S/c1-10-18(17-8-13-11(9-23)3-2-4-16(13)28-17)15(22)7-14-19(10)25(12-5-6-12)21(27)24-20(14)26/h7-8,10-12,18H,2-6,9,23H2,1H3,(H,24,26,27). The molecule has 2 heterocycles. The maximum atomic E-state index is 15.2. The van der Waals surface area contributed by atoms with E-state index in [9.17, 15) is 9.59 Å². The molecule has 3 aliphatic carbocycles. The fraction of sp³-hybridized carbons (Fsp3) is 0.524. The Kier molecular flexibility index (Phi) is 4.21. The molecule has 0 bridgehead atoms. The van der Waals surface area contributed by atoms with E-state index in [-0.39, 0.29) is 23.5 Å². The van der Waals surface area contributed by atoms with Gasteiger partial charge in [0.15, 0.2) is 0 Å². The average molecular weight is 402 g/mol. The summed E-state index contributed by atoms with van der Waals surface area (Å²) in [6.07, 6.45) is 6.41. The zero-order valence-electron chi connectivity index (χ0n) is 15.8. The molecule has 2 aromatic heterocycles. The lowest BCUT2D eigenvalue weighted by Gasteiger charge is -2.29. The first kappa shape index (κ1) is 18.1. The molecule has 5 rings (SSSR count). The molecule has 3 unspecified atom stereocenters. The van der Waals surface area contributed by atoms with E-state index in [1.165, 1.54) is 16.5 Å². The van der Waals surface area contributed by atoms with E-state index in [4.69, 9.17) is 5.73 Å². The maximum absolute atomic E-state index is 15.2. The Hall–Kier alpha value is -1.99. The number of aryl methyl sites for hydroxylation is 1. The Balaban J connectivity index is 1.65. The van der Waals surface area contributed by atoms with Gasteiger partial charge in [-0.15, -0.1) is 11.3 Å². The van der Waals surface area contributed by atoms with Crippen molar-refractivity contribution >= 4 is 17.4 Å². The number of nitrogens with two attached hydrogens (primary N) is 1. The van der Waals surface area contributed by atoms with Crippen molar-refractivity contribution in [2.75, 3.05) is 6.54 Å². The summed E-state index contributed by atoms with van der Waals surface area (Å²) in [5.74, 6) is -0.673. The summed E-state index contributed by atoms with van der Waals surface area (Å²) in [6, 6.07) is 2.25. The molecule has 148 valence electrons. The largest absolute Gasteiger partial charge is 0.330 e. The highest BCUT2D eigenvalue weighted by Crippen LogP contribution is 2.50. The Morgan fingerprint density at radius 2 is 2.11 bits per heavy atom. The number of H-pyrrole nitrogens is 1. The fourth-order valence-corrected chi connectivity index (χ4v) is 6.46. The van der Waals surface area contributed by atoms with Crippen molar-refractivity contribution < 1.29 is 4.39 Å². The topological polar surface area (TPSA) is 80.9 Å². The number of halogens is 1. The van der Waals surface area contributed by atoms with Gasteiger partial charge in [0.25, 0.3) is 5.56 Å². The number of rotatable bonds is 3. The van der Waals surface area contributed by atoms with E-state index in [1.54, 1.807) is 15.9 Å². The van der Waals surface area contributed by atoms with Crippen LogP contribution < -0.4 is 17.0 Å². The van der Waals surface area contributed by atoms with Gasteiger partial charge >= 0.3 is 5.69 Å². The average Bonchev–Trinajstić information content (AvgIpc) is 3.40. The van der Waals surface area contributed by atoms with Gasteiger partial charge < -0.3 is 5.73 Å². The van der Waals surface area contributed by atoms with Crippen LogP contribution in [-0.4, -0.2) is 16.1 Å². The van der Waals surface area contributed by atoms with Crippen molar-refractivity contribution in [3.63, 3.8) is 0 Å². The molecular weight excluding hydrogens is 377 g/mol. The van der Waals surface area contributed by atoms with Crippen LogP contribution in [-0.2, 0) is 6.42 Å². The normalized spacial score (nSPS) is 26.5. The molecule has 2 aromatic rings. The predicted octanol–water partition coefficient (Wildman–Crippen LogP) is 3.52. The van der Waals surface area contributed by atoms with Crippen LogP contribution in [0.1, 0.15) is 83.0 Å². The molecule has 3 aliphatic rings. The third-order valence-corrected chi connectivity index (χ3v) is 7.78. The molecule has 1 saturated carbocycles. The molecular formula is C21H24FN3O2S. The summed E-state index contributed by atoms with van der Waals surface area (Å²) in [4.78, 5) is 29.5. The van der Waals surface area contributed by atoms with Crippen molar-refractivity contribution in [3.05, 3.63) is 59.3 Å². The number of nitrogens with one attached hydrogen (secondary N) is 1. The summed E-state index contributed by atoms with van der Waals surface area (Å²) < 4.78 is 16.9. The van der Waals surface area contributed by atoms with E-state index < -0.39 is 11.5 Å². The second kappa shape index (κ2) is 6.52. The fourth-order valence-electron chi connectivity index (χ4n) is 4.95. The SMILES string of the molecule is CC1c2c(c(=O)[nH]c(=O)n2C2CC2)C=C(F)C1c1cc2c(s1)CCCC2CN. The molecule has 7 heteroatoms. The summed E-state index contributed by atoms with van der Waals surface area (Å²) in [6.45, 7) is 2.55. The number of hydrogen-bond donors (Lipinski definition) is 2. The minimum absolute atomic E-state index is 0.119. The van der Waals surface area contributed by atoms with Crippen molar-refractivity contribution in [1.82, 2.24) is 9.55 Å². The van der Waals surface area contributed by atoms with Crippen molar-refractivity contribution in [2.45, 2.75) is 62.8 Å². The number of thiophene rings is 1. The third kappa shape index (κ3) is 2.67. The maximum Gasteiger partial charge on any atom is 0.328 e. The first-order valence-corrected chi connectivity index (χ1v) is 10.9. The Morgan fingerprint density at radius 3 is 2.82 bits per heavy atom. The molecule has 0 amide bonds. The zero-order chi connectivity index (χ0) is 19.6. The highest BCUT2D eigenvalue weighted by Gasteiger charge is 2.39. The van der Waals surface area contributed by atoms with Crippen LogP contribution in [0, 0.1) is 0 Å². The van der Waals surface area contributed by atoms with Crippen LogP contribution in [0.3, 0.4) is 0 Å². The third-order valence-electron chi connectivity index (χ3n) is 6.49. The van der Waals surface area contributed by atoms with Crippen LogP contribution in [0.5, 0.6) is 0 Å². The van der Waals surface area contributed by atoms with E-state index in [0.717, 1.165) is 37.0 Å². The number of allylic oxidation sites excluding steroid dienone is 1. The number of aromatic amines is 1. The smallest absolute Gasteiger partial charge is 0.328 e. The van der Waals surface area contributed by atoms with E-state index in [1.807, 2.05) is 6.92 Å². The zero-order valence-corrected chi connectivity index (χ0v) is 16.7. The van der Waals surface area contributed by atoms with Gasteiger partial charge in [-0.25, -0.2) is 9.18 Å². The second-order valence-electron chi connectivity index (χ2n) is 8.31. The van der Waals surface area contributed by atoms with E-state index in [2.05, 4.69) is 11.1 Å². The van der Waals surface area contributed by atoms with Gasteiger partial charge in [0.2, 0.25) is 0 Å². The summed E-state index contributed by atoms with van der Waals surface area (Å²) >= 11 is 1.67. The number of fused-ring (bicyclic) bond motifs is 2. The van der Waals surface area contributed by atoms with Gasteiger partial charge in [-0.3, -0.25) is 14.3 Å². The monoisotopic (exact) mass is 401 g/mol. The first-order chi connectivity index (χ1) is 13.5. The summed E-state index contributed by atoms with van der Waals surface area (Å²) in [5, 5.41) is 0. The lowest BCUT2D eigenvalue weighted by Crippen LogP contribution is -2.37. The molecule has 0 aromatic carbocycles. The van der Waals surface area contributed by atoms with Crippen molar-refractivity contribution in [3.8, 4) is 0 Å². The molecule has 0 radical (unpaired) electrons. The number of nitrogens with zero attached hydrogens (tertiary/aromatic N) is 1. The molecule has 3 N–H and O–H groups in total. The lowest BCUT2D eigenvalue weighted by atomic mass is 9.80. The molecule has 0 saturated heterocycles. The van der Waals surface area contributed by atoms with Crippen LogP contribution >= 0.6 is 11.3 Å². The number of hydrogen-bond acceptors (Lipinski definition) is 4. The van der Waals surface area contributed by atoms with Gasteiger partial charge in [0.1, 0.15) is 5.83 Å². The molecule has 0 aliphatic heterocycles. The van der Waals surface area contributed by atoms with Crippen LogP contribution in [0.2, 0.25) is 0 Å². The van der Waals surface area contributed by atoms with Crippen LogP contribution in [0.15, 0.2) is 21.5 Å². The molecule has 1 fully saturated rings. The Morgan fingerprint density at radius 1 is 1.32 bits per heavy atom. The Labute approximate surface area is 166 Å². The van der Waals surface area contributed by atoms with Gasteiger partial charge in [0, 0.05) is 27.4 Å². The number of aromatic nitrogens is 2. The minimum Gasteiger partial charge on any atom is -0.330 e. The first-order valence-electron chi connectivity index (χ1n) is 10.1. The highest BCUT2D eigenvalue weighted by molar-refractivity contribution is 7.12. The minimum atomic E-state index is -0.494. The molecule has 28 heavy (non-hydrogen) atoms. The summed E-state index contributed by atoms with van der Waals surface area (Å²) in [7, 11) is 0. The van der Waals surface area contributed by atoms with Gasteiger partial charge in [-0.05, 0) is 62.3 Å². The molecule has 3 atom stereocenters. The lowest BCUT2D eigenvalue weighted by molar-refractivity contribution is 0.469. The van der Waals surface area contributed by atoms with Crippen molar-refractivity contribution in [2.24, 2.45) is 5.73 Å². The van der Waals surface area contributed by atoms with Gasteiger partial charge in [-0.1, -0.05) is 6.92 Å². The Bertz CT molecular complexity index is 1090. The van der Waals surface area contributed by atoms with Gasteiger partial charge in [0.05, 0.1) is 11.5 Å². The summed E-state index contributed by atoms with van der Waals surface area (Å²) in [5.41, 5.74) is 7.34. The van der Waals surface area contributed by atoms with E-state index in [0.29, 0.717) is 23.7 Å². The molecule has 5 nitrogen and oxygen atoms in total. The second-order valence-corrected chi connectivity index (χ2v) is 9.48. The quantitative estimate of drug-likeness (QED) is 0.826. The van der Waals surface area contributed by atoms with Crippen LogP contribution in [0.4, 0.5) is 4.39 Å². The van der Waals surface area contributed by atoms with Gasteiger partial charge in [-0.2, -0.15) is 0 Å². The molecule has 0 spiro atoms. The van der Waals surface area contributed by atoms with Crippen molar-refractivity contribution in [1.29, 1.82) is 0 Å².